The van der Waals surface area contributed by atoms with E-state index in [1.54, 1.807) is 11.6 Å². The number of rotatable bonds is 4. The van der Waals surface area contributed by atoms with Crippen molar-refractivity contribution in [3.63, 3.8) is 0 Å². The number of nitrogens with one attached hydrogen (secondary N) is 1. The Balaban J connectivity index is 2.11. The molecule has 1 atom stereocenters. The molecule has 0 radical (unpaired) electrons. The lowest BCUT2D eigenvalue weighted by molar-refractivity contribution is -0.126. The fourth-order valence-corrected chi connectivity index (χ4v) is 2.22. The number of hydrogen-bond acceptors (Lipinski definition) is 3. The number of aromatic nitrogens is 2. The van der Waals surface area contributed by atoms with Crippen molar-refractivity contribution in [2.45, 2.75) is 39.2 Å². The predicted molar refractivity (Wildman–Crippen MR) is 65.0 cm³/mol. The SMILES string of the molecule is CCOC(C)C(=O)Nc1c2c(nn1C)CCC2. The Morgan fingerprint density at radius 2 is 2.35 bits per heavy atom. The van der Waals surface area contributed by atoms with Crippen LogP contribution in [0.2, 0.25) is 0 Å². The van der Waals surface area contributed by atoms with Crippen LogP contribution < -0.4 is 5.32 Å². The molecule has 2 rings (SSSR count). The van der Waals surface area contributed by atoms with Gasteiger partial charge in [0.25, 0.3) is 5.91 Å². The molecule has 5 nitrogen and oxygen atoms in total. The zero-order valence-electron chi connectivity index (χ0n) is 10.6. The number of hydrogen-bond donors (Lipinski definition) is 1. The van der Waals surface area contributed by atoms with E-state index < -0.39 is 6.10 Å². The van der Waals surface area contributed by atoms with E-state index in [2.05, 4.69) is 10.4 Å². The van der Waals surface area contributed by atoms with E-state index in [-0.39, 0.29) is 5.91 Å². The molecule has 0 spiro atoms. The minimum Gasteiger partial charge on any atom is -0.369 e. The smallest absolute Gasteiger partial charge is 0.254 e. The van der Waals surface area contributed by atoms with Crippen molar-refractivity contribution in [1.82, 2.24) is 9.78 Å². The molecule has 1 unspecified atom stereocenters. The summed E-state index contributed by atoms with van der Waals surface area (Å²) in [5, 5.41) is 7.32. The highest BCUT2D eigenvalue weighted by Crippen LogP contribution is 2.28. The highest BCUT2D eigenvalue weighted by molar-refractivity contribution is 5.94. The van der Waals surface area contributed by atoms with Crippen LogP contribution in [0.4, 0.5) is 5.82 Å². The summed E-state index contributed by atoms with van der Waals surface area (Å²) in [6.45, 7) is 4.18. The Morgan fingerprint density at radius 1 is 1.59 bits per heavy atom. The van der Waals surface area contributed by atoms with E-state index in [4.69, 9.17) is 4.74 Å². The maximum Gasteiger partial charge on any atom is 0.254 e. The van der Waals surface area contributed by atoms with Gasteiger partial charge in [0, 0.05) is 19.2 Å². The molecule has 1 aliphatic carbocycles. The quantitative estimate of drug-likeness (QED) is 0.858. The standard InChI is InChI=1S/C12H19N3O2/c1-4-17-8(2)12(16)13-11-9-6-5-7-10(9)14-15(11)3/h8H,4-7H2,1-3H3,(H,13,16). The maximum absolute atomic E-state index is 11.9. The van der Waals surface area contributed by atoms with Crippen LogP contribution in [0.3, 0.4) is 0 Å². The lowest BCUT2D eigenvalue weighted by atomic mass is 10.2. The van der Waals surface area contributed by atoms with Gasteiger partial charge in [-0.2, -0.15) is 5.10 Å². The van der Waals surface area contributed by atoms with Crippen molar-refractivity contribution in [2.75, 3.05) is 11.9 Å². The summed E-state index contributed by atoms with van der Waals surface area (Å²) in [5.41, 5.74) is 2.30. The normalized spacial score (nSPS) is 15.7. The summed E-state index contributed by atoms with van der Waals surface area (Å²) in [6.07, 6.45) is 2.72. The summed E-state index contributed by atoms with van der Waals surface area (Å²) >= 11 is 0. The van der Waals surface area contributed by atoms with Crippen LogP contribution in [-0.4, -0.2) is 28.4 Å². The van der Waals surface area contributed by atoms with Crippen molar-refractivity contribution in [1.29, 1.82) is 0 Å². The summed E-state index contributed by atoms with van der Waals surface area (Å²) in [4.78, 5) is 11.9. The summed E-state index contributed by atoms with van der Waals surface area (Å²) < 4.78 is 7.02. The van der Waals surface area contributed by atoms with Gasteiger partial charge in [0.2, 0.25) is 0 Å². The van der Waals surface area contributed by atoms with Crippen LogP contribution >= 0.6 is 0 Å². The first kappa shape index (κ1) is 12.1. The molecule has 0 bridgehead atoms. The number of anilines is 1. The Hall–Kier alpha value is -1.36. The van der Waals surface area contributed by atoms with E-state index in [1.165, 1.54) is 5.56 Å². The van der Waals surface area contributed by atoms with Crippen LogP contribution in [0.5, 0.6) is 0 Å². The Kier molecular flexibility index (Phi) is 3.47. The first-order valence-electron chi connectivity index (χ1n) is 6.10. The minimum absolute atomic E-state index is 0.107. The van der Waals surface area contributed by atoms with Gasteiger partial charge in [0.05, 0.1) is 5.69 Å². The number of carbonyl (C=O) groups excluding carboxylic acids is 1. The summed E-state index contributed by atoms with van der Waals surface area (Å²) in [7, 11) is 1.86. The van der Waals surface area contributed by atoms with Gasteiger partial charge in [-0.15, -0.1) is 0 Å². The minimum atomic E-state index is -0.424. The van der Waals surface area contributed by atoms with Crippen molar-refractivity contribution < 1.29 is 9.53 Å². The van der Waals surface area contributed by atoms with Crippen LogP contribution in [0.25, 0.3) is 0 Å². The molecule has 17 heavy (non-hydrogen) atoms. The topological polar surface area (TPSA) is 56.1 Å². The molecule has 1 aromatic rings. The van der Waals surface area contributed by atoms with Crippen LogP contribution in [0, 0.1) is 0 Å². The van der Waals surface area contributed by atoms with Gasteiger partial charge in [0.1, 0.15) is 11.9 Å². The number of amides is 1. The highest BCUT2D eigenvalue weighted by Gasteiger charge is 2.23. The third-order valence-corrected chi connectivity index (χ3v) is 3.10. The molecule has 1 amide bonds. The Bertz CT molecular complexity index is 426. The molecule has 1 aromatic heterocycles. The number of nitrogens with zero attached hydrogens (tertiary/aromatic N) is 2. The summed E-state index contributed by atoms with van der Waals surface area (Å²) in [6, 6.07) is 0. The number of ether oxygens (including phenoxy) is 1. The molecule has 1 heterocycles. The molecule has 0 fully saturated rings. The summed E-state index contributed by atoms with van der Waals surface area (Å²) in [5.74, 6) is 0.721. The van der Waals surface area contributed by atoms with E-state index >= 15 is 0 Å². The Labute approximate surface area is 101 Å². The van der Waals surface area contributed by atoms with E-state index in [0.717, 1.165) is 30.8 Å². The molecule has 0 aromatic carbocycles. The zero-order chi connectivity index (χ0) is 12.4. The van der Waals surface area contributed by atoms with Crippen molar-refractivity contribution in [3.8, 4) is 0 Å². The fourth-order valence-electron chi connectivity index (χ4n) is 2.22. The average Bonchev–Trinajstić information content (AvgIpc) is 2.82. The van der Waals surface area contributed by atoms with Gasteiger partial charge < -0.3 is 10.1 Å². The third kappa shape index (κ3) is 2.34. The van der Waals surface area contributed by atoms with Gasteiger partial charge in [-0.05, 0) is 33.1 Å². The number of aryl methyl sites for hydroxylation is 2. The first-order chi connectivity index (χ1) is 8.13. The largest absolute Gasteiger partial charge is 0.369 e. The van der Waals surface area contributed by atoms with Gasteiger partial charge in [-0.3, -0.25) is 9.48 Å². The number of fused-ring (bicyclic) bond motifs is 1. The fraction of sp³-hybridized carbons (Fsp3) is 0.667. The van der Waals surface area contributed by atoms with Gasteiger partial charge >= 0.3 is 0 Å². The van der Waals surface area contributed by atoms with Crippen molar-refractivity contribution in [2.24, 2.45) is 7.05 Å². The molecular formula is C12H19N3O2. The van der Waals surface area contributed by atoms with Crippen LogP contribution in [0.15, 0.2) is 0 Å². The van der Waals surface area contributed by atoms with Crippen molar-refractivity contribution in [3.05, 3.63) is 11.3 Å². The van der Waals surface area contributed by atoms with E-state index in [9.17, 15) is 4.79 Å². The molecule has 0 saturated heterocycles. The molecular weight excluding hydrogens is 218 g/mol. The molecule has 94 valence electrons. The highest BCUT2D eigenvalue weighted by atomic mass is 16.5. The number of carbonyl (C=O) groups is 1. The first-order valence-corrected chi connectivity index (χ1v) is 6.10. The van der Waals surface area contributed by atoms with E-state index in [0.29, 0.717) is 6.61 Å². The molecule has 1 aliphatic rings. The van der Waals surface area contributed by atoms with Gasteiger partial charge in [-0.1, -0.05) is 0 Å². The zero-order valence-corrected chi connectivity index (χ0v) is 10.6. The second kappa shape index (κ2) is 4.87. The maximum atomic E-state index is 11.9. The molecule has 0 saturated carbocycles. The lowest BCUT2D eigenvalue weighted by Crippen LogP contribution is -2.29. The average molecular weight is 237 g/mol. The van der Waals surface area contributed by atoms with E-state index in [1.807, 2.05) is 14.0 Å². The predicted octanol–water partition coefficient (Wildman–Crippen LogP) is 1.27. The van der Waals surface area contributed by atoms with Crippen LogP contribution in [0.1, 0.15) is 31.5 Å². The lowest BCUT2D eigenvalue weighted by Gasteiger charge is -2.13. The van der Waals surface area contributed by atoms with Gasteiger partial charge in [0.15, 0.2) is 0 Å². The molecule has 5 heteroatoms. The van der Waals surface area contributed by atoms with Gasteiger partial charge in [-0.25, -0.2) is 0 Å². The van der Waals surface area contributed by atoms with Crippen LogP contribution in [-0.2, 0) is 29.4 Å². The van der Waals surface area contributed by atoms with Crippen molar-refractivity contribution >= 4 is 11.7 Å². The molecule has 1 N–H and O–H groups in total. The third-order valence-electron chi connectivity index (χ3n) is 3.10. The second-order valence-corrected chi connectivity index (χ2v) is 4.34. The second-order valence-electron chi connectivity index (χ2n) is 4.34. The molecule has 0 aliphatic heterocycles. The Morgan fingerprint density at radius 3 is 3.06 bits per heavy atom. The monoisotopic (exact) mass is 237 g/mol.